The molecule has 1 N–H and O–H groups in total. The molecule has 6 rings (SSSR count). The number of carbonyl (C=O) groups is 2. The van der Waals surface area contributed by atoms with Gasteiger partial charge >= 0.3 is 5.97 Å². The van der Waals surface area contributed by atoms with Crippen molar-refractivity contribution in [3.8, 4) is 5.69 Å². The van der Waals surface area contributed by atoms with Gasteiger partial charge in [-0.2, -0.15) is 5.10 Å². The van der Waals surface area contributed by atoms with Crippen LogP contribution in [0.25, 0.3) is 5.69 Å². The summed E-state index contributed by atoms with van der Waals surface area (Å²) in [5, 5.41) is 8.84. The summed E-state index contributed by atoms with van der Waals surface area (Å²) < 4.78 is 6.60. The maximum atomic E-state index is 13.4. The zero-order valence-electron chi connectivity index (χ0n) is 18.8. The largest absolute Gasteiger partial charge is 0.465 e. The van der Waals surface area contributed by atoms with Crippen LogP contribution in [0.1, 0.15) is 66.2 Å². The Labute approximate surface area is 193 Å². The minimum atomic E-state index is -0.367. The van der Waals surface area contributed by atoms with Crippen molar-refractivity contribution in [1.82, 2.24) is 15.1 Å². The van der Waals surface area contributed by atoms with Crippen LogP contribution in [0.5, 0.6) is 0 Å². The standard InChI is InChI=1S/C25H31N3O3S/c1-3-8-32-24-21(14-26-28(24)20-6-4-17(5-7-20)25(30)31-2)23(29)27-22-18-10-15-9-16(12-18)13-19(22)11-15/h4-7,14-16,18-19,22H,3,8-13H2,1-2H3,(H,27,29)/t15-,16+,18-,19+,22?. The number of methoxy groups -OCH3 is 1. The lowest BCUT2D eigenvalue weighted by Gasteiger charge is -2.54. The van der Waals surface area contributed by atoms with E-state index in [0.717, 1.165) is 34.7 Å². The van der Waals surface area contributed by atoms with E-state index in [0.29, 0.717) is 29.0 Å². The Hall–Kier alpha value is -2.28. The first-order valence-electron chi connectivity index (χ1n) is 11.8. The second kappa shape index (κ2) is 8.93. The van der Waals surface area contributed by atoms with E-state index in [1.54, 1.807) is 30.1 Å². The van der Waals surface area contributed by atoms with Crippen molar-refractivity contribution in [2.75, 3.05) is 12.9 Å². The zero-order valence-corrected chi connectivity index (χ0v) is 19.6. The second-order valence-electron chi connectivity index (χ2n) is 9.59. The van der Waals surface area contributed by atoms with Crippen molar-refractivity contribution in [2.24, 2.45) is 23.7 Å². The molecule has 0 radical (unpaired) electrons. The highest BCUT2D eigenvalue weighted by molar-refractivity contribution is 7.99. The van der Waals surface area contributed by atoms with Crippen LogP contribution in [0.2, 0.25) is 0 Å². The van der Waals surface area contributed by atoms with Crippen molar-refractivity contribution < 1.29 is 14.3 Å². The molecule has 2 aromatic rings. The highest BCUT2D eigenvalue weighted by Gasteiger charge is 2.48. The van der Waals surface area contributed by atoms with E-state index in [-0.39, 0.29) is 11.9 Å². The predicted molar refractivity (Wildman–Crippen MR) is 124 cm³/mol. The van der Waals surface area contributed by atoms with E-state index in [2.05, 4.69) is 17.3 Å². The monoisotopic (exact) mass is 453 g/mol. The second-order valence-corrected chi connectivity index (χ2v) is 10.7. The van der Waals surface area contributed by atoms with Gasteiger partial charge in [0.15, 0.2) is 0 Å². The summed E-state index contributed by atoms with van der Waals surface area (Å²) in [6, 6.07) is 7.45. The molecule has 0 spiro atoms. The molecule has 0 unspecified atom stereocenters. The van der Waals surface area contributed by atoms with Crippen molar-refractivity contribution in [3.05, 3.63) is 41.6 Å². The van der Waals surface area contributed by atoms with Gasteiger partial charge < -0.3 is 10.1 Å². The molecule has 1 amide bonds. The third-order valence-electron chi connectivity index (χ3n) is 7.47. The molecule has 170 valence electrons. The average Bonchev–Trinajstić information content (AvgIpc) is 3.23. The molecule has 1 heterocycles. The summed E-state index contributed by atoms with van der Waals surface area (Å²) >= 11 is 1.66. The van der Waals surface area contributed by atoms with Gasteiger partial charge in [-0.1, -0.05) is 6.92 Å². The first-order chi connectivity index (χ1) is 15.6. The number of aromatic nitrogens is 2. The summed E-state index contributed by atoms with van der Waals surface area (Å²) in [6.45, 7) is 2.13. The minimum Gasteiger partial charge on any atom is -0.465 e. The maximum absolute atomic E-state index is 13.4. The predicted octanol–water partition coefficient (Wildman–Crippen LogP) is 4.72. The lowest BCUT2D eigenvalue weighted by Crippen LogP contribution is -2.55. The van der Waals surface area contributed by atoms with Gasteiger partial charge in [-0.15, -0.1) is 11.8 Å². The normalized spacial score (nSPS) is 28.0. The molecule has 32 heavy (non-hydrogen) atoms. The number of nitrogens with zero attached hydrogens (tertiary/aromatic N) is 2. The molecule has 4 saturated carbocycles. The Balaban J connectivity index is 1.38. The van der Waals surface area contributed by atoms with E-state index < -0.39 is 0 Å². The van der Waals surface area contributed by atoms with Gasteiger partial charge in [0.2, 0.25) is 0 Å². The Kier molecular flexibility index (Phi) is 6.01. The first kappa shape index (κ1) is 21.6. The van der Waals surface area contributed by atoms with Crippen LogP contribution in [0, 0.1) is 23.7 Å². The Morgan fingerprint density at radius 2 is 1.75 bits per heavy atom. The molecule has 4 bridgehead atoms. The Bertz CT molecular complexity index is 972. The van der Waals surface area contributed by atoms with Gasteiger partial charge in [0, 0.05) is 6.04 Å². The van der Waals surface area contributed by atoms with Crippen molar-refractivity contribution >= 4 is 23.6 Å². The topological polar surface area (TPSA) is 73.2 Å². The smallest absolute Gasteiger partial charge is 0.337 e. The lowest BCUT2D eigenvalue weighted by atomic mass is 9.54. The molecule has 0 atom stereocenters. The van der Waals surface area contributed by atoms with Crippen LogP contribution in [0.3, 0.4) is 0 Å². The zero-order chi connectivity index (χ0) is 22.2. The summed E-state index contributed by atoms with van der Waals surface area (Å²) in [7, 11) is 1.37. The molecule has 4 aliphatic carbocycles. The number of carbonyl (C=O) groups excluding carboxylic acids is 2. The lowest BCUT2D eigenvalue weighted by molar-refractivity contribution is -0.0120. The quantitative estimate of drug-likeness (QED) is 0.485. The summed E-state index contributed by atoms with van der Waals surface area (Å²) in [4.78, 5) is 25.2. The van der Waals surface area contributed by atoms with E-state index in [9.17, 15) is 9.59 Å². The van der Waals surface area contributed by atoms with E-state index in [1.807, 2.05) is 16.8 Å². The van der Waals surface area contributed by atoms with Crippen LogP contribution < -0.4 is 5.32 Å². The fraction of sp³-hybridized carbons (Fsp3) is 0.560. The first-order valence-corrected chi connectivity index (χ1v) is 12.8. The molecule has 7 heteroatoms. The third kappa shape index (κ3) is 3.96. The fourth-order valence-electron chi connectivity index (χ4n) is 6.26. The van der Waals surface area contributed by atoms with Crippen molar-refractivity contribution in [3.63, 3.8) is 0 Å². The van der Waals surface area contributed by atoms with Crippen molar-refractivity contribution in [1.29, 1.82) is 0 Å². The van der Waals surface area contributed by atoms with Crippen LogP contribution in [-0.2, 0) is 4.74 Å². The Morgan fingerprint density at radius 3 is 2.34 bits per heavy atom. The summed E-state index contributed by atoms with van der Waals surface area (Å²) in [5.74, 6) is 3.59. The number of benzene rings is 1. The van der Waals surface area contributed by atoms with E-state index in [4.69, 9.17) is 4.74 Å². The number of hydrogen-bond donors (Lipinski definition) is 1. The SMILES string of the molecule is CCCSc1c(C(=O)NC2[C@H]3C[C@@H]4C[C@@H](C[C@H]2C4)C3)cnn1-c1ccc(C(=O)OC)cc1. The molecule has 4 fully saturated rings. The number of nitrogens with one attached hydrogen (secondary N) is 1. The van der Waals surface area contributed by atoms with Crippen LogP contribution in [0.15, 0.2) is 35.5 Å². The maximum Gasteiger partial charge on any atom is 0.337 e. The summed E-state index contributed by atoms with van der Waals surface area (Å²) in [6.07, 6.45) is 9.23. The number of ether oxygens (including phenoxy) is 1. The van der Waals surface area contributed by atoms with Gasteiger partial charge in [0.05, 0.1) is 30.1 Å². The average molecular weight is 454 g/mol. The molecule has 0 aliphatic heterocycles. The molecule has 1 aromatic heterocycles. The van der Waals surface area contributed by atoms with Gasteiger partial charge in [-0.3, -0.25) is 4.79 Å². The van der Waals surface area contributed by atoms with Gasteiger partial charge in [-0.05, 0) is 92.2 Å². The van der Waals surface area contributed by atoms with Crippen LogP contribution >= 0.6 is 11.8 Å². The van der Waals surface area contributed by atoms with E-state index >= 15 is 0 Å². The van der Waals surface area contributed by atoms with E-state index in [1.165, 1.54) is 39.2 Å². The van der Waals surface area contributed by atoms with Gasteiger partial charge in [-0.25, -0.2) is 9.48 Å². The molecule has 6 nitrogen and oxygen atoms in total. The number of rotatable bonds is 7. The highest BCUT2D eigenvalue weighted by Crippen LogP contribution is 2.53. The van der Waals surface area contributed by atoms with Crippen LogP contribution in [0.4, 0.5) is 0 Å². The minimum absolute atomic E-state index is 0.00138. The van der Waals surface area contributed by atoms with Crippen molar-refractivity contribution in [2.45, 2.75) is 56.5 Å². The molecular formula is C25H31N3O3S. The molecular weight excluding hydrogens is 422 g/mol. The number of esters is 1. The number of thioether (sulfide) groups is 1. The molecule has 4 aliphatic rings. The fourth-order valence-corrected chi connectivity index (χ4v) is 7.23. The highest BCUT2D eigenvalue weighted by atomic mass is 32.2. The van der Waals surface area contributed by atoms with Gasteiger partial charge in [0.1, 0.15) is 5.03 Å². The number of hydrogen-bond acceptors (Lipinski definition) is 5. The van der Waals surface area contributed by atoms with Gasteiger partial charge in [0.25, 0.3) is 5.91 Å². The molecule has 1 aromatic carbocycles. The van der Waals surface area contributed by atoms with Crippen LogP contribution in [-0.4, -0.2) is 40.6 Å². The molecule has 0 saturated heterocycles. The summed E-state index contributed by atoms with van der Waals surface area (Å²) in [5.41, 5.74) is 1.96. The third-order valence-corrected chi connectivity index (χ3v) is 8.75. The number of amides is 1. The Morgan fingerprint density at radius 1 is 1.09 bits per heavy atom.